The van der Waals surface area contributed by atoms with E-state index in [1.54, 1.807) is 0 Å². The zero-order valence-corrected chi connectivity index (χ0v) is 19.4. The van der Waals surface area contributed by atoms with Crippen LogP contribution in [0.5, 0.6) is 5.75 Å². The Morgan fingerprint density at radius 3 is 2.27 bits per heavy atom. The van der Waals surface area contributed by atoms with E-state index in [0.29, 0.717) is 18.8 Å². The molecule has 8 nitrogen and oxygen atoms in total. The van der Waals surface area contributed by atoms with Crippen molar-refractivity contribution in [2.24, 2.45) is 0 Å². The molecule has 178 valence electrons. The lowest BCUT2D eigenvalue weighted by Crippen LogP contribution is -2.32. The highest BCUT2D eigenvalue weighted by Crippen LogP contribution is 2.29. The lowest BCUT2D eigenvalue weighted by atomic mass is 10.2. The van der Waals surface area contributed by atoms with Gasteiger partial charge >= 0.3 is 5.97 Å². The minimum Gasteiger partial charge on any atom is -0.495 e. The van der Waals surface area contributed by atoms with Crippen molar-refractivity contribution in [1.82, 2.24) is 4.31 Å². The number of amides is 1. The number of carbonyl (C=O) groups excluding carboxylic acids is 2. The molecule has 2 aromatic carbocycles. The molecule has 1 fully saturated rings. The molecule has 1 amide bonds. The topological polar surface area (TPSA) is 102 Å². The van der Waals surface area contributed by atoms with Gasteiger partial charge in [0.05, 0.1) is 12.7 Å². The van der Waals surface area contributed by atoms with E-state index in [-0.39, 0.29) is 16.2 Å². The number of carbonyl (C=O) groups is 2. The van der Waals surface area contributed by atoms with Gasteiger partial charge in [-0.2, -0.15) is 4.31 Å². The van der Waals surface area contributed by atoms with E-state index >= 15 is 0 Å². The van der Waals surface area contributed by atoms with Gasteiger partial charge in [-0.15, -0.1) is 0 Å². The second-order valence-corrected chi connectivity index (χ2v) is 9.63. The Bertz CT molecular complexity index is 1100. The summed E-state index contributed by atoms with van der Waals surface area (Å²) >= 11 is 0. The van der Waals surface area contributed by atoms with Crippen LogP contribution in [0.15, 0.2) is 47.4 Å². The van der Waals surface area contributed by atoms with Crippen molar-refractivity contribution >= 4 is 27.6 Å². The fourth-order valence-corrected chi connectivity index (χ4v) is 5.18. The molecule has 33 heavy (non-hydrogen) atoms. The van der Waals surface area contributed by atoms with Crippen molar-refractivity contribution in [1.29, 1.82) is 0 Å². The van der Waals surface area contributed by atoms with E-state index in [1.807, 2.05) is 0 Å². The van der Waals surface area contributed by atoms with Crippen molar-refractivity contribution in [2.45, 2.75) is 43.6 Å². The number of rotatable bonds is 7. The zero-order valence-electron chi connectivity index (χ0n) is 18.5. The van der Waals surface area contributed by atoms with Crippen molar-refractivity contribution in [3.63, 3.8) is 0 Å². The lowest BCUT2D eigenvalue weighted by Gasteiger charge is -2.21. The molecule has 1 heterocycles. The summed E-state index contributed by atoms with van der Waals surface area (Å²) < 4.78 is 51.4. The predicted octanol–water partition coefficient (Wildman–Crippen LogP) is 3.58. The first-order valence-electron chi connectivity index (χ1n) is 10.7. The Morgan fingerprint density at radius 2 is 1.67 bits per heavy atom. The van der Waals surface area contributed by atoms with Gasteiger partial charge in [-0.05, 0) is 62.2 Å². The highest BCUT2D eigenvalue weighted by Gasteiger charge is 2.30. The van der Waals surface area contributed by atoms with E-state index < -0.39 is 33.8 Å². The summed E-state index contributed by atoms with van der Waals surface area (Å²) in [5.74, 6) is -1.79. The standard InChI is InChI=1S/C23H27FN2O6S/c1-16(22(27)25-19-10-8-18(24)9-11-19)32-23(28)17-7-12-20(31-2)21(15-17)33(29,30)26-13-5-3-4-6-14-26/h7-12,15-16H,3-6,13-14H2,1-2H3,(H,25,27). The van der Waals surface area contributed by atoms with E-state index in [2.05, 4.69) is 5.32 Å². The van der Waals surface area contributed by atoms with Crippen LogP contribution in [-0.2, 0) is 19.6 Å². The van der Waals surface area contributed by atoms with Crippen molar-refractivity contribution in [2.75, 3.05) is 25.5 Å². The smallest absolute Gasteiger partial charge is 0.338 e. The number of nitrogens with zero attached hydrogens (tertiary/aromatic N) is 1. The van der Waals surface area contributed by atoms with E-state index in [0.717, 1.165) is 25.7 Å². The summed E-state index contributed by atoms with van der Waals surface area (Å²) in [6, 6.07) is 9.13. The zero-order chi connectivity index (χ0) is 24.0. The van der Waals surface area contributed by atoms with Gasteiger partial charge in [0.15, 0.2) is 6.10 Å². The summed E-state index contributed by atoms with van der Waals surface area (Å²) in [6.45, 7) is 2.19. The second kappa shape index (κ2) is 10.8. The molecule has 1 aliphatic rings. The first-order chi connectivity index (χ1) is 15.7. The SMILES string of the molecule is COc1ccc(C(=O)OC(C)C(=O)Nc2ccc(F)cc2)cc1S(=O)(=O)N1CCCCCC1. The average Bonchev–Trinajstić information content (AvgIpc) is 3.10. The third kappa shape index (κ3) is 6.08. The third-order valence-electron chi connectivity index (χ3n) is 5.35. The normalized spacial score (nSPS) is 15.8. The molecule has 1 unspecified atom stereocenters. The number of benzene rings is 2. The molecular weight excluding hydrogens is 451 g/mol. The monoisotopic (exact) mass is 478 g/mol. The van der Waals surface area contributed by atoms with Gasteiger partial charge in [0.2, 0.25) is 10.0 Å². The van der Waals surface area contributed by atoms with Crippen LogP contribution in [-0.4, -0.2) is 50.9 Å². The van der Waals surface area contributed by atoms with Crippen LogP contribution in [0.25, 0.3) is 0 Å². The van der Waals surface area contributed by atoms with E-state index in [4.69, 9.17) is 9.47 Å². The number of methoxy groups -OCH3 is 1. The molecule has 2 aromatic rings. The molecule has 0 saturated carbocycles. The van der Waals surface area contributed by atoms with E-state index in [9.17, 15) is 22.4 Å². The Morgan fingerprint density at radius 1 is 1.03 bits per heavy atom. The molecule has 1 atom stereocenters. The highest BCUT2D eigenvalue weighted by atomic mass is 32.2. The molecular formula is C23H27FN2O6S. The van der Waals surface area contributed by atoms with Crippen LogP contribution in [0.3, 0.4) is 0 Å². The first kappa shape index (κ1) is 24.7. The largest absolute Gasteiger partial charge is 0.495 e. The molecule has 0 radical (unpaired) electrons. The van der Waals surface area contributed by atoms with Gasteiger partial charge in [0.25, 0.3) is 5.91 Å². The van der Waals surface area contributed by atoms with Crippen molar-refractivity contribution < 1.29 is 31.9 Å². The fraction of sp³-hybridized carbons (Fsp3) is 0.391. The second-order valence-electron chi connectivity index (χ2n) is 7.73. The number of sulfonamides is 1. The summed E-state index contributed by atoms with van der Waals surface area (Å²) in [5, 5.41) is 2.52. The average molecular weight is 479 g/mol. The van der Waals surface area contributed by atoms with Gasteiger partial charge in [-0.1, -0.05) is 12.8 Å². The predicted molar refractivity (Wildman–Crippen MR) is 120 cm³/mol. The van der Waals surface area contributed by atoms with Gasteiger partial charge in [-0.25, -0.2) is 17.6 Å². The molecule has 1 aliphatic heterocycles. The number of esters is 1. The lowest BCUT2D eigenvalue weighted by molar-refractivity contribution is -0.123. The van der Waals surface area contributed by atoms with E-state index in [1.165, 1.54) is 60.8 Å². The van der Waals surface area contributed by atoms with Crippen molar-refractivity contribution in [3.05, 3.63) is 53.8 Å². The number of nitrogens with one attached hydrogen (secondary N) is 1. The molecule has 0 aromatic heterocycles. The fourth-order valence-electron chi connectivity index (χ4n) is 3.49. The minimum absolute atomic E-state index is 0.0226. The molecule has 1 N–H and O–H groups in total. The quantitative estimate of drug-likeness (QED) is 0.611. The van der Waals surface area contributed by atoms with Crippen LogP contribution in [0.4, 0.5) is 10.1 Å². The van der Waals surface area contributed by atoms with Crippen LogP contribution in [0.2, 0.25) is 0 Å². The maximum absolute atomic E-state index is 13.3. The summed E-state index contributed by atoms with van der Waals surface area (Å²) in [5.41, 5.74) is 0.324. The number of hydrogen-bond donors (Lipinski definition) is 1. The van der Waals surface area contributed by atoms with Gasteiger partial charge < -0.3 is 14.8 Å². The number of anilines is 1. The maximum atomic E-state index is 13.3. The van der Waals surface area contributed by atoms with Gasteiger partial charge in [0.1, 0.15) is 16.5 Å². The molecule has 3 rings (SSSR count). The first-order valence-corrected chi connectivity index (χ1v) is 12.1. The molecule has 0 spiro atoms. The Balaban J connectivity index is 1.76. The Labute approximate surface area is 192 Å². The molecule has 0 bridgehead atoms. The van der Waals surface area contributed by atoms with Crippen molar-refractivity contribution in [3.8, 4) is 5.75 Å². The highest BCUT2D eigenvalue weighted by molar-refractivity contribution is 7.89. The number of hydrogen-bond acceptors (Lipinski definition) is 6. The minimum atomic E-state index is -3.88. The summed E-state index contributed by atoms with van der Waals surface area (Å²) in [7, 11) is -2.52. The van der Waals surface area contributed by atoms with Crippen LogP contribution in [0, 0.1) is 5.82 Å². The third-order valence-corrected chi connectivity index (χ3v) is 7.27. The maximum Gasteiger partial charge on any atom is 0.338 e. The molecule has 1 saturated heterocycles. The Kier molecular flexibility index (Phi) is 8.04. The van der Waals surface area contributed by atoms with Crippen LogP contribution in [0.1, 0.15) is 43.0 Å². The molecule has 10 heteroatoms. The van der Waals surface area contributed by atoms with Crippen LogP contribution >= 0.6 is 0 Å². The summed E-state index contributed by atoms with van der Waals surface area (Å²) in [6.07, 6.45) is 2.30. The van der Waals surface area contributed by atoms with Gasteiger partial charge in [-0.3, -0.25) is 4.79 Å². The Hall–Kier alpha value is -2.98. The van der Waals surface area contributed by atoms with Crippen LogP contribution < -0.4 is 10.1 Å². The summed E-state index contributed by atoms with van der Waals surface area (Å²) in [4.78, 5) is 24.9. The molecule has 0 aliphatic carbocycles. The number of halogens is 1. The number of ether oxygens (including phenoxy) is 2. The van der Waals surface area contributed by atoms with Gasteiger partial charge in [0, 0.05) is 18.8 Å².